The van der Waals surface area contributed by atoms with Gasteiger partial charge in [0.1, 0.15) is 6.10 Å². The highest BCUT2D eigenvalue weighted by Crippen LogP contribution is 2.06. The highest BCUT2D eigenvalue weighted by molar-refractivity contribution is 5.94. The highest BCUT2D eigenvalue weighted by atomic mass is 16.5. The third-order valence-corrected chi connectivity index (χ3v) is 2.19. The number of hydrogen-bond acceptors (Lipinski definition) is 4. The normalized spacial score (nSPS) is 21.3. The van der Waals surface area contributed by atoms with Gasteiger partial charge in [-0.05, 0) is 0 Å². The van der Waals surface area contributed by atoms with Gasteiger partial charge in [-0.2, -0.15) is 5.10 Å². The van der Waals surface area contributed by atoms with Gasteiger partial charge < -0.3 is 15.4 Å². The number of nitrogens with one attached hydrogen (secondary N) is 2. The van der Waals surface area contributed by atoms with Crippen molar-refractivity contribution in [2.24, 2.45) is 7.05 Å². The van der Waals surface area contributed by atoms with E-state index in [4.69, 9.17) is 4.74 Å². The van der Waals surface area contributed by atoms with Crippen LogP contribution in [0.5, 0.6) is 0 Å². The third kappa shape index (κ3) is 2.54. The Labute approximate surface area is 87.6 Å². The standard InChI is InChI=1S/C9H14N4O2/c1-13-6-7(4-11-13)12-9(14)8-5-10-2-3-15-8/h4,6,8,10H,2-3,5H2,1H3,(H,12,14)/t8-/m0/s1. The summed E-state index contributed by atoms with van der Waals surface area (Å²) in [5, 5.41) is 9.81. The van der Waals surface area contributed by atoms with Crippen molar-refractivity contribution in [3.8, 4) is 0 Å². The first-order valence-electron chi connectivity index (χ1n) is 4.87. The Morgan fingerprint density at radius 3 is 3.27 bits per heavy atom. The molecule has 0 radical (unpaired) electrons. The smallest absolute Gasteiger partial charge is 0.254 e. The van der Waals surface area contributed by atoms with Crippen LogP contribution in [0, 0.1) is 0 Å². The molecule has 1 aliphatic heterocycles. The summed E-state index contributed by atoms with van der Waals surface area (Å²) < 4.78 is 6.95. The number of carbonyl (C=O) groups is 1. The number of carbonyl (C=O) groups excluding carboxylic acids is 1. The molecule has 6 heteroatoms. The number of amides is 1. The number of nitrogens with zero attached hydrogens (tertiary/aromatic N) is 2. The average Bonchev–Trinajstić information content (AvgIpc) is 2.65. The number of aromatic nitrogens is 2. The Balaban J connectivity index is 1.91. The van der Waals surface area contributed by atoms with Crippen LogP contribution in [-0.2, 0) is 16.6 Å². The summed E-state index contributed by atoms with van der Waals surface area (Å²) in [6.07, 6.45) is 2.95. The molecule has 1 aromatic heterocycles. The Morgan fingerprint density at radius 2 is 2.67 bits per heavy atom. The van der Waals surface area contributed by atoms with Gasteiger partial charge in [-0.3, -0.25) is 9.48 Å². The van der Waals surface area contributed by atoms with E-state index >= 15 is 0 Å². The Hall–Kier alpha value is -1.40. The lowest BCUT2D eigenvalue weighted by molar-refractivity contribution is -0.128. The Kier molecular flexibility index (Phi) is 2.98. The Bertz CT molecular complexity index is 344. The molecule has 2 N–H and O–H groups in total. The van der Waals surface area contributed by atoms with Gasteiger partial charge in [-0.25, -0.2) is 0 Å². The van der Waals surface area contributed by atoms with Crippen molar-refractivity contribution in [2.75, 3.05) is 25.0 Å². The maximum absolute atomic E-state index is 11.7. The molecule has 2 rings (SSSR count). The molecule has 1 fully saturated rings. The maximum Gasteiger partial charge on any atom is 0.254 e. The van der Waals surface area contributed by atoms with Crippen LogP contribution in [-0.4, -0.2) is 41.5 Å². The second kappa shape index (κ2) is 4.41. The third-order valence-electron chi connectivity index (χ3n) is 2.19. The molecule has 1 aliphatic rings. The molecule has 2 heterocycles. The van der Waals surface area contributed by atoms with Crippen molar-refractivity contribution in [3.63, 3.8) is 0 Å². The van der Waals surface area contributed by atoms with E-state index in [-0.39, 0.29) is 5.91 Å². The fraction of sp³-hybridized carbons (Fsp3) is 0.556. The van der Waals surface area contributed by atoms with Crippen molar-refractivity contribution in [2.45, 2.75) is 6.10 Å². The fourth-order valence-corrected chi connectivity index (χ4v) is 1.44. The first-order chi connectivity index (χ1) is 7.25. The first kappa shape index (κ1) is 10.1. The first-order valence-corrected chi connectivity index (χ1v) is 4.87. The van der Waals surface area contributed by atoms with Crippen molar-refractivity contribution in [1.29, 1.82) is 0 Å². The summed E-state index contributed by atoms with van der Waals surface area (Å²) in [5.41, 5.74) is 0.691. The molecule has 1 atom stereocenters. The molecule has 1 amide bonds. The summed E-state index contributed by atoms with van der Waals surface area (Å²) in [6, 6.07) is 0. The zero-order valence-corrected chi connectivity index (χ0v) is 8.56. The lowest BCUT2D eigenvalue weighted by atomic mass is 10.3. The van der Waals surface area contributed by atoms with E-state index in [1.165, 1.54) is 0 Å². The number of hydrogen-bond donors (Lipinski definition) is 2. The molecule has 6 nitrogen and oxygen atoms in total. The predicted octanol–water partition coefficient (Wildman–Crippen LogP) is -0.653. The lowest BCUT2D eigenvalue weighted by Gasteiger charge is -2.22. The molecular formula is C9H14N4O2. The second-order valence-corrected chi connectivity index (χ2v) is 3.46. The van der Waals surface area contributed by atoms with Crippen LogP contribution in [0.25, 0.3) is 0 Å². The van der Waals surface area contributed by atoms with E-state index < -0.39 is 6.10 Å². The van der Waals surface area contributed by atoms with Gasteiger partial charge in [-0.15, -0.1) is 0 Å². The minimum absolute atomic E-state index is 0.129. The van der Waals surface area contributed by atoms with Gasteiger partial charge in [-0.1, -0.05) is 0 Å². The molecule has 0 bridgehead atoms. The summed E-state index contributed by atoms with van der Waals surface area (Å²) in [6.45, 7) is 1.94. The molecule has 82 valence electrons. The second-order valence-electron chi connectivity index (χ2n) is 3.46. The summed E-state index contributed by atoms with van der Waals surface area (Å²) in [7, 11) is 1.80. The van der Waals surface area contributed by atoms with Crippen molar-refractivity contribution >= 4 is 11.6 Å². The summed E-state index contributed by atoms with van der Waals surface area (Å²) in [5.74, 6) is -0.129. The van der Waals surface area contributed by atoms with Gasteiger partial charge >= 0.3 is 0 Å². The summed E-state index contributed by atoms with van der Waals surface area (Å²) >= 11 is 0. The van der Waals surface area contributed by atoms with Gasteiger partial charge in [0.05, 0.1) is 18.5 Å². The summed E-state index contributed by atoms with van der Waals surface area (Å²) in [4.78, 5) is 11.7. The van der Waals surface area contributed by atoms with Crippen LogP contribution < -0.4 is 10.6 Å². The molecule has 1 saturated heterocycles. The maximum atomic E-state index is 11.7. The molecule has 0 aliphatic carbocycles. The zero-order chi connectivity index (χ0) is 10.7. The van der Waals surface area contributed by atoms with Crippen molar-refractivity contribution in [1.82, 2.24) is 15.1 Å². The van der Waals surface area contributed by atoms with E-state index in [1.807, 2.05) is 0 Å². The minimum Gasteiger partial charge on any atom is -0.366 e. The molecule has 0 unspecified atom stereocenters. The van der Waals surface area contributed by atoms with E-state index in [9.17, 15) is 4.79 Å². The topological polar surface area (TPSA) is 68.2 Å². The van der Waals surface area contributed by atoms with Crippen LogP contribution in [0.2, 0.25) is 0 Å². The average molecular weight is 210 g/mol. The molecule has 0 spiro atoms. The lowest BCUT2D eigenvalue weighted by Crippen LogP contribution is -2.45. The van der Waals surface area contributed by atoms with Crippen molar-refractivity contribution < 1.29 is 9.53 Å². The van der Waals surface area contributed by atoms with Gasteiger partial charge in [0.15, 0.2) is 0 Å². The number of morpholine rings is 1. The molecular weight excluding hydrogens is 196 g/mol. The molecule has 0 aromatic carbocycles. The van der Waals surface area contributed by atoms with Crippen molar-refractivity contribution in [3.05, 3.63) is 12.4 Å². The number of rotatable bonds is 2. The zero-order valence-electron chi connectivity index (χ0n) is 8.56. The van der Waals surface area contributed by atoms with E-state index in [2.05, 4.69) is 15.7 Å². The fourth-order valence-electron chi connectivity index (χ4n) is 1.44. The minimum atomic E-state index is -0.404. The molecule has 15 heavy (non-hydrogen) atoms. The largest absolute Gasteiger partial charge is 0.366 e. The van der Waals surface area contributed by atoms with E-state index in [0.717, 1.165) is 6.54 Å². The quantitative estimate of drug-likeness (QED) is 0.680. The number of ether oxygens (including phenoxy) is 1. The van der Waals surface area contributed by atoms with E-state index in [1.54, 1.807) is 24.1 Å². The van der Waals surface area contributed by atoms with Gasteiger partial charge in [0.25, 0.3) is 5.91 Å². The van der Waals surface area contributed by atoms with Gasteiger partial charge in [0, 0.05) is 26.3 Å². The van der Waals surface area contributed by atoms with Crippen LogP contribution in [0.1, 0.15) is 0 Å². The Morgan fingerprint density at radius 1 is 1.80 bits per heavy atom. The molecule has 0 saturated carbocycles. The SMILES string of the molecule is Cn1cc(NC(=O)[C@@H]2CNCCO2)cn1. The monoisotopic (exact) mass is 210 g/mol. The van der Waals surface area contributed by atoms with Gasteiger partial charge in [0.2, 0.25) is 0 Å². The number of aryl methyl sites for hydroxylation is 1. The van der Waals surface area contributed by atoms with Crippen LogP contribution in [0.4, 0.5) is 5.69 Å². The van der Waals surface area contributed by atoms with Crippen LogP contribution in [0.3, 0.4) is 0 Å². The van der Waals surface area contributed by atoms with Crippen LogP contribution >= 0.6 is 0 Å². The predicted molar refractivity (Wildman–Crippen MR) is 54.4 cm³/mol. The van der Waals surface area contributed by atoms with Crippen LogP contribution in [0.15, 0.2) is 12.4 Å². The molecule has 1 aromatic rings. The number of anilines is 1. The highest BCUT2D eigenvalue weighted by Gasteiger charge is 2.21. The van der Waals surface area contributed by atoms with E-state index in [0.29, 0.717) is 18.8 Å².